The van der Waals surface area contributed by atoms with Crippen LogP contribution in [0.3, 0.4) is 0 Å². The molecule has 0 fully saturated rings. The maximum Gasteiger partial charge on any atom is 0.337 e. The van der Waals surface area contributed by atoms with E-state index in [4.69, 9.17) is 0 Å². The normalized spacial score (nSPS) is 10.4. The van der Waals surface area contributed by atoms with E-state index in [2.05, 4.69) is 5.32 Å². The van der Waals surface area contributed by atoms with Crippen LogP contribution >= 0.6 is 0 Å². The number of fused-ring (bicyclic) bond motifs is 1. The van der Waals surface area contributed by atoms with Gasteiger partial charge < -0.3 is 15.5 Å². The lowest BCUT2D eigenvalue weighted by Crippen LogP contribution is -2.09. The average molecular weight is 307 g/mol. The van der Waals surface area contributed by atoms with Crippen LogP contribution < -0.4 is 5.32 Å². The molecule has 5 nitrogen and oxygen atoms in total. The summed E-state index contributed by atoms with van der Waals surface area (Å²) in [6, 6.07) is 17.3. The van der Waals surface area contributed by atoms with Crippen molar-refractivity contribution >= 4 is 34.1 Å². The van der Waals surface area contributed by atoms with Gasteiger partial charge in [0.2, 0.25) is 0 Å². The van der Waals surface area contributed by atoms with Crippen molar-refractivity contribution in [1.29, 1.82) is 0 Å². The Bertz CT molecular complexity index is 880. The third-order valence-electron chi connectivity index (χ3n) is 3.57. The SMILES string of the molecule is O=C(O)c1cccc(C(=O)O)c1Nc1cccc2ccccc12. The summed E-state index contributed by atoms with van der Waals surface area (Å²) in [6.07, 6.45) is 0. The maximum absolute atomic E-state index is 11.4. The van der Waals surface area contributed by atoms with E-state index in [1.54, 1.807) is 6.07 Å². The third-order valence-corrected chi connectivity index (χ3v) is 3.57. The Labute approximate surface area is 131 Å². The van der Waals surface area contributed by atoms with E-state index < -0.39 is 11.9 Å². The lowest BCUT2D eigenvalue weighted by Gasteiger charge is -2.14. The van der Waals surface area contributed by atoms with Crippen molar-refractivity contribution in [3.05, 3.63) is 71.8 Å². The highest BCUT2D eigenvalue weighted by molar-refractivity contribution is 6.06. The van der Waals surface area contributed by atoms with Crippen LogP contribution in [0.25, 0.3) is 10.8 Å². The molecule has 0 saturated heterocycles. The van der Waals surface area contributed by atoms with Crippen LogP contribution in [0.4, 0.5) is 11.4 Å². The van der Waals surface area contributed by atoms with Gasteiger partial charge in [-0.05, 0) is 23.6 Å². The van der Waals surface area contributed by atoms with Gasteiger partial charge in [0.1, 0.15) is 0 Å². The number of anilines is 2. The van der Waals surface area contributed by atoms with Gasteiger partial charge in [-0.2, -0.15) is 0 Å². The maximum atomic E-state index is 11.4. The molecule has 0 spiro atoms. The van der Waals surface area contributed by atoms with Crippen molar-refractivity contribution in [3.8, 4) is 0 Å². The first-order valence-corrected chi connectivity index (χ1v) is 6.92. The van der Waals surface area contributed by atoms with E-state index >= 15 is 0 Å². The Morgan fingerprint density at radius 3 is 1.96 bits per heavy atom. The minimum Gasteiger partial charge on any atom is -0.478 e. The van der Waals surface area contributed by atoms with Crippen LogP contribution in [-0.2, 0) is 0 Å². The molecular formula is C18H13NO4. The standard InChI is InChI=1S/C18H13NO4/c20-17(21)13-8-4-9-14(18(22)23)16(13)19-15-10-3-6-11-5-1-2-7-12(11)15/h1-10,19H,(H,20,21)(H,22,23). The predicted molar refractivity (Wildman–Crippen MR) is 87.6 cm³/mol. The van der Waals surface area contributed by atoms with Gasteiger partial charge in [0.05, 0.1) is 16.8 Å². The molecule has 0 aliphatic carbocycles. The summed E-state index contributed by atoms with van der Waals surface area (Å²) in [7, 11) is 0. The summed E-state index contributed by atoms with van der Waals surface area (Å²) in [5.74, 6) is -2.37. The van der Waals surface area contributed by atoms with E-state index in [1.807, 2.05) is 36.4 Å². The molecular weight excluding hydrogens is 294 g/mol. The van der Waals surface area contributed by atoms with E-state index in [9.17, 15) is 19.8 Å². The first kappa shape index (κ1) is 14.6. The van der Waals surface area contributed by atoms with Crippen molar-refractivity contribution in [1.82, 2.24) is 0 Å². The highest BCUT2D eigenvalue weighted by Gasteiger charge is 2.18. The lowest BCUT2D eigenvalue weighted by molar-refractivity contribution is 0.0696. The zero-order chi connectivity index (χ0) is 16.4. The molecule has 5 heteroatoms. The first-order chi connectivity index (χ1) is 11.1. The molecule has 0 atom stereocenters. The molecule has 0 aromatic heterocycles. The zero-order valence-corrected chi connectivity index (χ0v) is 12.0. The second-order valence-electron chi connectivity index (χ2n) is 4.99. The molecule has 3 aromatic carbocycles. The molecule has 0 bridgehead atoms. The molecule has 23 heavy (non-hydrogen) atoms. The van der Waals surface area contributed by atoms with Gasteiger partial charge in [-0.1, -0.05) is 42.5 Å². The minimum absolute atomic E-state index is 0.0730. The van der Waals surface area contributed by atoms with E-state index in [0.717, 1.165) is 10.8 Å². The zero-order valence-electron chi connectivity index (χ0n) is 12.0. The molecule has 0 radical (unpaired) electrons. The molecule has 114 valence electrons. The van der Waals surface area contributed by atoms with Crippen LogP contribution in [0.15, 0.2) is 60.7 Å². The fourth-order valence-corrected chi connectivity index (χ4v) is 2.51. The number of carboxylic acids is 2. The first-order valence-electron chi connectivity index (χ1n) is 6.92. The van der Waals surface area contributed by atoms with E-state index in [0.29, 0.717) is 5.69 Å². The van der Waals surface area contributed by atoms with Crippen LogP contribution in [0.5, 0.6) is 0 Å². The minimum atomic E-state index is -1.18. The van der Waals surface area contributed by atoms with Gasteiger partial charge in [-0.15, -0.1) is 0 Å². The summed E-state index contributed by atoms with van der Waals surface area (Å²) >= 11 is 0. The summed E-state index contributed by atoms with van der Waals surface area (Å²) in [6.45, 7) is 0. The van der Waals surface area contributed by atoms with Gasteiger partial charge in [-0.3, -0.25) is 0 Å². The topological polar surface area (TPSA) is 86.6 Å². The van der Waals surface area contributed by atoms with Crippen molar-refractivity contribution in [2.75, 3.05) is 5.32 Å². The smallest absolute Gasteiger partial charge is 0.337 e. The molecule has 0 saturated carbocycles. The molecule has 0 heterocycles. The fraction of sp³-hybridized carbons (Fsp3) is 0. The molecule has 0 unspecified atom stereocenters. The molecule has 3 aromatic rings. The highest BCUT2D eigenvalue weighted by atomic mass is 16.4. The summed E-state index contributed by atoms with van der Waals surface area (Å²) in [5.41, 5.74) is 0.554. The number of benzene rings is 3. The van der Waals surface area contributed by atoms with Crippen LogP contribution in [-0.4, -0.2) is 22.2 Å². The summed E-state index contributed by atoms with van der Waals surface area (Å²) in [4.78, 5) is 22.8. The molecule has 3 rings (SSSR count). The predicted octanol–water partition coefficient (Wildman–Crippen LogP) is 3.98. The second kappa shape index (κ2) is 5.81. The number of aromatic carboxylic acids is 2. The Balaban J connectivity index is 2.19. The Hall–Kier alpha value is -3.34. The number of carboxylic acid groups (broad SMARTS) is 2. The average Bonchev–Trinajstić information content (AvgIpc) is 2.55. The van der Waals surface area contributed by atoms with E-state index in [-0.39, 0.29) is 16.8 Å². The summed E-state index contributed by atoms with van der Waals surface area (Å²) in [5, 5.41) is 23.5. The number of hydrogen-bond acceptors (Lipinski definition) is 3. The molecule has 3 N–H and O–H groups in total. The van der Waals surface area contributed by atoms with Gasteiger partial charge in [0.15, 0.2) is 0 Å². The Kier molecular flexibility index (Phi) is 3.68. The second-order valence-corrected chi connectivity index (χ2v) is 4.99. The molecule has 0 amide bonds. The van der Waals surface area contributed by atoms with Gasteiger partial charge in [-0.25, -0.2) is 9.59 Å². The van der Waals surface area contributed by atoms with Crippen molar-refractivity contribution < 1.29 is 19.8 Å². The number of rotatable bonds is 4. The summed E-state index contributed by atoms with van der Waals surface area (Å²) < 4.78 is 0. The number of nitrogens with one attached hydrogen (secondary N) is 1. The van der Waals surface area contributed by atoms with Gasteiger partial charge in [0.25, 0.3) is 0 Å². The monoisotopic (exact) mass is 307 g/mol. The van der Waals surface area contributed by atoms with Crippen molar-refractivity contribution in [2.24, 2.45) is 0 Å². The van der Waals surface area contributed by atoms with Crippen LogP contribution in [0, 0.1) is 0 Å². The number of para-hydroxylation sites is 1. The van der Waals surface area contributed by atoms with Gasteiger partial charge >= 0.3 is 11.9 Å². The van der Waals surface area contributed by atoms with Crippen molar-refractivity contribution in [2.45, 2.75) is 0 Å². The lowest BCUT2D eigenvalue weighted by atomic mass is 10.0. The molecule has 0 aliphatic heterocycles. The number of hydrogen-bond donors (Lipinski definition) is 3. The Morgan fingerprint density at radius 1 is 0.739 bits per heavy atom. The fourth-order valence-electron chi connectivity index (χ4n) is 2.51. The van der Waals surface area contributed by atoms with Crippen molar-refractivity contribution in [3.63, 3.8) is 0 Å². The van der Waals surface area contributed by atoms with Crippen LogP contribution in [0.1, 0.15) is 20.7 Å². The molecule has 0 aliphatic rings. The van der Waals surface area contributed by atoms with Crippen LogP contribution in [0.2, 0.25) is 0 Å². The Morgan fingerprint density at radius 2 is 1.30 bits per heavy atom. The quantitative estimate of drug-likeness (QED) is 0.678. The highest BCUT2D eigenvalue weighted by Crippen LogP contribution is 2.30. The third kappa shape index (κ3) is 2.72. The van der Waals surface area contributed by atoms with E-state index in [1.165, 1.54) is 18.2 Å². The largest absolute Gasteiger partial charge is 0.478 e. The number of carbonyl (C=O) groups is 2. The van der Waals surface area contributed by atoms with Gasteiger partial charge in [0, 0.05) is 11.1 Å².